The van der Waals surface area contributed by atoms with E-state index in [1.807, 2.05) is 10.8 Å². The lowest BCUT2D eigenvalue weighted by molar-refractivity contribution is -0.114. The number of hydrogen-bond donors (Lipinski definition) is 0. The molecule has 0 bridgehead atoms. The van der Waals surface area contributed by atoms with Crippen LogP contribution in [0.25, 0.3) is 0 Å². The number of carbonyl (C=O) groups excluding carboxylic acids is 1. The second-order valence-electron chi connectivity index (χ2n) is 2.61. The first-order valence-electron chi connectivity index (χ1n) is 3.78. The molecule has 0 N–H and O–H groups in total. The molecular weight excluding hydrogens is 156 g/mol. The lowest BCUT2D eigenvalue weighted by Crippen LogP contribution is -2.08. The Kier molecular flexibility index (Phi) is 2.94. The summed E-state index contributed by atoms with van der Waals surface area (Å²) in [5.74, 6) is 0.558. The molecule has 1 atom stereocenters. The molecule has 11 heavy (non-hydrogen) atoms. The first kappa shape index (κ1) is 8.60. The van der Waals surface area contributed by atoms with Gasteiger partial charge >= 0.3 is 0 Å². The van der Waals surface area contributed by atoms with Gasteiger partial charge in [0.15, 0.2) is 5.78 Å². The molecule has 1 aliphatic rings. The van der Waals surface area contributed by atoms with Gasteiger partial charge in [-0.2, -0.15) is 0 Å². The number of thioether (sulfide) groups is 1. The molecule has 0 fully saturated rings. The number of rotatable bonds is 2. The molecule has 2 heteroatoms. The lowest BCUT2D eigenvalue weighted by atomic mass is 9.95. The van der Waals surface area contributed by atoms with E-state index in [1.165, 1.54) is 0 Å². The van der Waals surface area contributed by atoms with E-state index >= 15 is 0 Å². The summed E-state index contributed by atoms with van der Waals surface area (Å²) in [6.07, 6.45) is 3.11. The van der Waals surface area contributed by atoms with Gasteiger partial charge < -0.3 is 0 Å². The second kappa shape index (κ2) is 3.77. The van der Waals surface area contributed by atoms with Crippen LogP contribution in [-0.4, -0.2) is 5.78 Å². The van der Waals surface area contributed by atoms with Crippen LogP contribution in [-0.2, 0) is 4.79 Å². The van der Waals surface area contributed by atoms with E-state index in [1.54, 1.807) is 18.7 Å². The number of Topliss-reactive ketones (excluding diaryl/α,β-unsaturated/α-hetero) is 1. The molecule has 1 rings (SSSR count). The fourth-order valence-electron chi connectivity index (χ4n) is 1.14. The summed E-state index contributed by atoms with van der Waals surface area (Å²) < 4.78 is 0. The molecule has 60 valence electrons. The van der Waals surface area contributed by atoms with Crippen LogP contribution >= 0.6 is 11.8 Å². The van der Waals surface area contributed by atoms with Gasteiger partial charge in [-0.3, -0.25) is 4.79 Å². The van der Waals surface area contributed by atoms with Crippen LogP contribution < -0.4 is 0 Å². The van der Waals surface area contributed by atoms with Crippen molar-refractivity contribution in [2.45, 2.75) is 20.3 Å². The number of hydrogen-bond acceptors (Lipinski definition) is 2. The molecule has 0 amide bonds. The predicted molar refractivity (Wildman–Crippen MR) is 49.3 cm³/mol. The largest absolute Gasteiger partial charge is 0.295 e. The van der Waals surface area contributed by atoms with Crippen LogP contribution in [0.1, 0.15) is 20.3 Å². The highest BCUT2D eigenvalue weighted by Gasteiger charge is 2.15. The van der Waals surface area contributed by atoms with E-state index in [9.17, 15) is 4.79 Å². The van der Waals surface area contributed by atoms with Gasteiger partial charge in [-0.15, -0.1) is 11.8 Å². The van der Waals surface area contributed by atoms with E-state index in [2.05, 4.69) is 13.0 Å². The third-order valence-corrected chi connectivity index (χ3v) is 2.53. The van der Waals surface area contributed by atoms with Gasteiger partial charge in [-0.25, -0.2) is 0 Å². The standard InChI is InChI=1S/C9H12OS/c1-3-8-4-5-11-6-9(8)7(2)10/h4-6,8H,3H2,1-2H3. The molecule has 0 aromatic carbocycles. The minimum absolute atomic E-state index is 0.203. The van der Waals surface area contributed by atoms with Crippen molar-refractivity contribution in [2.24, 2.45) is 5.92 Å². The van der Waals surface area contributed by atoms with Gasteiger partial charge in [0.25, 0.3) is 0 Å². The van der Waals surface area contributed by atoms with Gasteiger partial charge in [0.05, 0.1) is 0 Å². The van der Waals surface area contributed by atoms with E-state index in [4.69, 9.17) is 0 Å². The Morgan fingerprint density at radius 3 is 2.91 bits per heavy atom. The zero-order valence-corrected chi connectivity index (χ0v) is 7.65. The minimum Gasteiger partial charge on any atom is -0.295 e. The predicted octanol–water partition coefficient (Wildman–Crippen LogP) is 2.75. The maximum Gasteiger partial charge on any atom is 0.156 e. The molecule has 0 aromatic heterocycles. The summed E-state index contributed by atoms with van der Waals surface area (Å²) in [5.41, 5.74) is 0.958. The van der Waals surface area contributed by atoms with Crippen molar-refractivity contribution in [1.29, 1.82) is 0 Å². The number of ketones is 1. The zero-order valence-electron chi connectivity index (χ0n) is 6.83. The molecule has 1 nitrogen and oxygen atoms in total. The normalized spacial score (nSPS) is 23.1. The van der Waals surface area contributed by atoms with E-state index in [0.717, 1.165) is 12.0 Å². The van der Waals surface area contributed by atoms with Crippen LogP contribution in [0.15, 0.2) is 22.5 Å². The van der Waals surface area contributed by atoms with Crippen LogP contribution in [0.4, 0.5) is 0 Å². The van der Waals surface area contributed by atoms with Crippen LogP contribution in [0.5, 0.6) is 0 Å². The lowest BCUT2D eigenvalue weighted by Gasteiger charge is -2.14. The summed E-state index contributed by atoms with van der Waals surface area (Å²) in [6.45, 7) is 3.73. The quantitative estimate of drug-likeness (QED) is 0.630. The first-order valence-corrected chi connectivity index (χ1v) is 4.73. The van der Waals surface area contributed by atoms with Crippen molar-refractivity contribution in [3.8, 4) is 0 Å². The Bertz CT molecular complexity index is 216. The van der Waals surface area contributed by atoms with Gasteiger partial charge in [0, 0.05) is 11.5 Å². The smallest absolute Gasteiger partial charge is 0.156 e. The SMILES string of the molecule is CCC1C=CSC=C1C(C)=O. The Hall–Kier alpha value is -0.500. The molecule has 1 aliphatic heterocycles. The highest BCUT2D eigenvalue weighted by Crippen LogP contribution is 2.27. The van der Waals surface area contributed by atoms with Gasteiger partial charge in [0.1, 0.15) is 0 Å². The van der Waals surface area contributed by atoms with Gasteiger partial charge in [0.2, 0.25) is 0 Å². The second-order valence-corrected chi connectivity index (χ2v) is 3.39. The fourth-order valence-corrected chi connectivity index (χ4v) is 1.99. The van der Waals surface area contributed by atoms with Crippen molar-refractivity contribution in [2.75, 3.05) is 0 Å². The third-order valence-electron chi connectivity index (χ3n) is 1.83. The summed E-state index contributed by atoms with van der Waals surface area (Å²) in [5, 5.41) is 4.00. The zero-order chi connectivity index (χ0) is 8.27. The average Bonchev–Trinajstić information content (AvgIpc) is 2.04. The molecule has 1 unspecified atom stereocenters. The number of allylic oxidation sites excluding steroid dienone is 2. The summed E-state index contributed by atoms with van der Waals surface area (Å²) >= 11 is 1.59. The Morgan fingerprint density at radius 2 is 2.45 bits per heavy atom. The monoisotopic (exact) mass is 168 g/mol. The Labute approximate surface area is 71.6 Å². The van der Waals surface area contributed by atoms with Gasteiger partial charge in [-0.05, 0) is 24.2 Å². The molecule has 1 heterocycles. The first-order chi connectivity index (χ1) is 5.25. The highest BCUT2D eigenvalue weighted by molar-refractivity contribution is 8.05. The van der Waals surface area contributed by atoms with Gasteiger partial charge in [-0.1, -0.05) is 13.0 Å². The molecule has 0 aromatic rings. The maximum atomic E-state index is 11.1. The minimum atomic E-state index is 0.203. The Balaban J connectivity index is 2.76. The summed E-state index contributed by atoms with van der Waals surface area (Å²) in [6, 6.07) is 0. The van der Waals surface area contributed by atoms with Crippen LogP contribution in [0.2, 0.25) is 0 Å². The average molecular weight is 168 g/mol. The fraction of sp³-hybridized carbons (Fsp3) is 0.444. The van der Waals surface area contributed by atoms with Crippen molar-refractivity contribution in [3.63, 3.8) is 0 Å². The van der Waals surface area contributed by atoms with Crippen molar-refractivity contribution >= 4 is 17.5 Å². The summed E-state index contributed by atoms with van der Waals surface area (Å²) in [7, 11) is 0. The molecule has 0 saturated heterocycles. The van der Waals surface area contributed by atoms with E-state index in [-0.39, 0.29) is 5.78 Å². The van der Waals surface area contributed by atoms with E-state index < -0.39 is 0 Å². The Morgan fingerprint density at radius 1 is 1.73 bits per heavy atom. The maximum absolute atomic E-state index is 11.1. The van der Waals surface area contributed by atoms with Crippen LogP contribution in [0, 0.1) is 5.92 Å². The number of carbonyl (C=O) groups is 1. The van der Waals surface area contributed by atoms with E-state index in [0.29, 0.717) is 5.92 Å². The molecule has 0 aliphatic carbocycles. The molecule has 0 radical (unpaired) electrons. The van der Waals surface area contributed by atoms with Crippen LogP contribution in [0.3, 0.4) is 0 Å². The van der Waals surface area contributed by atoms with Crippen molar-refractivity contribution < 1.29 is 4.79 Å². The highest BCUT2D eigenvalue weighted by atomic mass is 32.2. The summed E-state index contributed by atoms with van der Waals surface area (Å²) in [4.78, 5) is 11.1. The third kappa shape index (κ3) is 1.96. The molecule has 0 saturated carbocycles. The molecular formula is C9H12OS. The topological polar surface area (TPSA) is 17.1 Å². The molecule has 0 spiro atoms. The van der Waals surface area contributed by atoms with Crippen molar-refractivity contribution in [1.82, 2.24) is 0 Å². The van der Waals surface area contributed by atoms with Crippen molar-refractivity contribution in [3.05, 3.63) is 22.5 Å².